The maximum atomic E-state index is 11.9. The van der Waals surface area contributed by atoms with Crippen molar-refractivity contribution >= 4 is 16.8 Å². The molecule has 0 aliphatic rings. The number of carbonyl (C=O) groups excluding carboxylic acids is 1. The van der Waals surface area contributed by atoms with Gasteiger partial charge in [-0.25, -0.2) is 4.79 Å². The molecule has 0 amide bonds. The van der Waals surface area contributed by atoms with E-state index in [-0.39, 0.29) is 5.78 Å². The number of unbranched alkanes of at least 4 members (excludes halogenated alkanes) is 2. The molecule has 1 aromatic carbocycles. The molecule has 18 heavy (non-hydrogen) atoms. The number of hydrogen-bond acceptors (Lipinski definition) is 3. The third-order valence-electron chi connectivity index (χ3n) is 2.95. The molecule has 0 aliphatic heterocycles. The van der Waals surface area contributed by atoms with Gasteiger partial charge < -0.3 is 4.42 Å². The molecule has 1 aromatic heterocycles. The summed E-state index contributed by atoms with van der Waals surface area (Å²) in [6, 6.07) is 8.34. The van der Waals surface area contributed by atoms with E-state index in [9.17, 15) is 9.59 Å². The van der Waals surface area contributed by atoms with Crippen molar-refractivity contribution in [1.29, 1.82) is 0 Å². The molecule has 0 unspecified atom stereocenters. The summed E-state index contributed by atoms with van der Waals surface area (Å²) in [6.45, 7) is 2.11. The molecule has 0 fully saturated rings. The topological polar surface area (TPSA) is 47.3 Å². The first-order chi connectivity index (χ1) is 8.70. The molecular formula is C15H16O3. The Balaban J connectivity index is 2.23. The van der Waals surface area contributed by atoms with Crippen molar-refractivity contribution in [3.63, 3.8) is 0 Å². The fraction of sp³-hybridized carbons (Fsp3) is 0.333. The summed E-state index contributed by atoms with van der Waals surface area (Å²) in [6.07, 6.45) is 3.62. The fourth-order valence-electron chi connectivity index (χ4n) is 1.91. The molecule has 0 radical (unpaired) electrons. The van der Waals surface area contributed by atoms with Crippen LogP contribution >= 0.6 is 0 Å². The highest BCUT2D eigenvalue weighted by Gasteiger charge is 2.07. The van der Waals surface area contributed by atoms with Crippen LogP contribution in [0.25, 0.3) is 11.0 Å². The third kappa shape index (κ3) is 2.86. The molecule has 0 atom stereocenters. The van der Waals surface area contributed by atoms with Crippen LogP contribution in [0.15, 0.2) is 39.5 Å². The van der Waals surface area contributed by atoms with Crippen LogP contribution in [0.3, 0.4) is 0 Å². The number of carbonyl (C=O) groups is 1. The fourth-order valence-corrected chi connectivity index (χ4v) is 1.91. The highest BCUT2D eigenvalue weighted by Crippen LogP contribution is 2.16. The lowest BCUT2D eigenvalue weighted by Gasteiger charge is -2.02. The van der Waals surface area contributed by atoms with Gasteiger partial charge in [0.1, 0.15) is 5.58 Å². The molecule has 1 heterocycles. The van der Waals surface area contributed by atoms with Crippen LogP contribution in [0.2, 0.25) is 0 Å². The Morgan fingerprint density at radius 1 is 1.17 bits per heavy atom. The van der Waals surface area contributed by atoms with E-state index in [1.165, 1.54) is 6.07 Å². The second kappa shape index (κ2) is 5.63. The van der Waals surface area contributed by atoms with E-state index >= 15 is 0 Å². The Morgan fingerprint density at radius 3 is 2.72 bits per heavy atom. The van der Waals surface area contributed by atoms with Crippen molar-refractivity contribution < 1.29 is 9.21 Å². The van der Waals surface area contributed by atoms with Gasteiger partial charge in [0.05, 0.1) is 0 Å². The number of benzene rings is 1. The maximum absolute atomic E-state index is 11.9. The van der Waals surface area contributed by atoms with E-state index < -0.39 is 5.63 Å². The summed E-state index contributed by atoms with van der Waals surface area (Å²) in [5.41, 5.74) is 0.704. The lowest BCUT2D eigenvalue weighted by Crippen LogP contribution is -2.00. The summed E-state index contributed by atoms with van der Waals surface area (Å²) in [7, 11) is 0. The van der Waals surface area contributed by atoms with Gasteiger partial charge in [0.2, 0.25) is 0 Å². The average Bonchev–Trinajstić information content (AvgIpc) is 2.38. The first kappa shape index (κ1) is 12.6. The minimum Gasteiger partial charge on any atom is -0.423 e. The second-order valence-electron chi connectivity index (χ2n) is 4.39. The van der Waals surface area contributed by atoms with Crippen LogP contribution < -0.4 is 5.63 Å². The van der Waals surface area contributed by atoms with Crippen LogP contribution in [-0.4, -0.2) is 5.78 Å². The summed E-state index contributed by atoms with van der Waals surface area (Å²) in [5.74, 6) is 0.108. The highest BCUT2D eigenvalue weighted by molar-refractivity contribution is 5.98. The average molecular weight is 244 g/mol. The van der Waals surface area contributed by atoms with Crippen LogP contribution in [0.1, 0.15) is 43.0 Å². The monoisotopic (exact) mass is 244 g/mol. The molecule has 0 spiro atoms. The van der Waals surface area contributed by atoms with Gasteiger partial charge in [0.25, 0.3) is 0 Å². The number of fused-ring (bicyclic) bond motifs is 1. The quantitative estimate of drug-likeness (QED) is 0.459. The first-order valence-electron chi connectivity index (χ1n) is 6.28. The normalized spacial score (nSPS) is 10.7. The van der Waals surface area contributed by atoms with E-state index in [4.69, 9.17) is 4.42 Å². The minimum atomic E-state index is -0.391. The van der Waals surface area contributed by atoms with Crippen LogP contribution in [-0.2, 0) is 0 Å². The molecular weight excluding hydrogens is 228 g/mol. The largest absolute Gasteiger partial charge is 0.423 e. The maximum Gasteiger partial charge on any atom is 0.336 e. The predicted molar refractivity (Wildman–Crippen MR) is 71.0 cm³/mol. The van der Waals surface area contributed by atoms with Gasteiger partial charge in [0, 0.05) is 23.4 Å². The molecule has 2 rings (SSSR count). The Kier molecular flexibility index (Phi) is 3.92. The Morgan fingerprint density at radius 2 is 1.94 bits per heavy atom. The molecule has 0 saturated carbocycles. The summed E-state index contributed by atoms with van der Waals surface area (Å²) in [4.78, 5) is 23.1. The van der Waals surface area contributed by atoms with Gasteiger partial charge in [-0.2, -0.15) is 0 Å². The minimum absolute atomic E-state index is 0.108. The highest BCUT2D eigenvalue weighted by atomic mass is 16.4. The number of hydrogen-bond donors (Lipinski definition) is 0. The van der Waals surface area contributed by atoms with Gasteiger partial charge in [0.15, 0.2) is 5.78 Å². The van der Waals surface area contributed by atoms with Crippen LogP contribution in [0.5, 0.6) is 0 Å². The van der Waals surface area contributed by atoms with Gasteiger partial charge in [-0.15, -0.1) is 0 Å². The zero-order chi connectivity index (χ0) is 13.0. The molecule has 0 aliphatic carbocycles. The van der Waals surface area contributed by atoms with Gasteiger partial charge in [-0.05, 0) is 18.6 Å². The predicted octanol–water partition coefficient (Wildman–Crippen LogP) is 3.56. The second-order valence-corrected chi connectivity index (χ2v) is 4.39. The molecule has 0 N–H and O–H groups in total. The van der Waals surface area contributed by atoms with Crippen molar-refractivity contribution in [2.24, 2.45) is 0 Å². The molecule has 0 bridgehead atoms. The number of Topliss-reactive ketones (excluding diaryl/α,β-unsaturated/α-hetero) is 1. The number of rotatable bonds is 5. The lowest BCUT2D eigenvalue weighted by molar-refractivity contribution is 0.0979. The van der Waals surface area contributed by atoms with E-state index in [2.05, 4.69) is 6.92 Å². The SMILES string of the molecule is CCCCCC(=O)c1ccc2ccc(=O)oc2c1. The van der Waals surface area contributed by atoms with Gasteiger partial charge in [-0.3, -0.25) is 4.79 Å². The molecule has 3 heteroatoms. The Labute approximate surface area is 105 Å². The van der Waals surface area contributed by atoms with Crippen molar-refractivity contribution in [3.05, 3.63) is 46.3 Å². The first-order valence-corrected chi connectivity index (χ1v) is 6.28. The summed E-state index contributed by atoms with van der Waals surface area (Å²) < 4.78 is 5.07. The van der Waals surface area contributed by atoms with Crippen molar-refractivity contribution in [1.82, 2.24) is 0 Å². The van der Waals surface area contributed by atoms with Crippen molar-refractivity contribution in [2.45, 2.75) is 32.6 Å². The van der Waals surface area contributed by atoms with Gasteiger partial charge in [-0.1, -0.05) is 31.9 Å². The van der Waals surface area contributed by atoms with Crippen molar-refractivity contribution in [3.8, 4) is 0 Å². The molecule has 3 nitrogen and oxygen atoms in total. The summed E-state index contributed by atoms with van der Waals surface area (Å²) >= 11 is 0. The van der Waals surface area contributed by atoms with E-state index in [0.717, 1.165) is 24.6 Å². The zero-order valence-electron chi connectivity index (χ0n) is 10.4. The Bertz CT molecular complexity index is 610. The van der Waals surface area contributed by atoms with E-state index in [1.54, 1.807) is 18.2 Å². The molecule has 94 valence electrons. The smallest absolute Gasteiger partial charge is 0.336 e. The third-order valence-corrected chi connectivity index (χ3v) is 2.95. The van der Waals surface area contributed by atoms with Crippen LogP contribution in [0, 0.1) is 0 Å². The molecule has 2 aromatic rings. The van der Waals surface area contributed by atoms with Crippen molar-refractivity contribution in [2.75, 3.05) is 0 Å². The van der Waals surface area contributed by atoms with Gasteiger partial charge >= 0.3 is 5.63 Å². The standard InChI is InChI=1S/C15H16O3/c1-2-3-4-5-13(16)12-7-6-11-8-9-15(17)18-14(11)10-12/h6-10H,2-5H2,1H3. The van der Waals surface area contributed by atoms with E-state index in [1.807, 2.05) is 6.07 Å². The Hall–Kier alpha value is -1.90. The number of ketones is 1. The lowest BCUT2D eigenvalue weighted by atomic mass is 10.0. The summed E-state index contributed by atoms with van der Waals surface area (Å²) in [5, 5.41) is 0.833. The molecule has 0 saturated heterocycles. The van der Waals surface area contributed by atoms with E-state index in [0.29, 0.717) is 17.6 Å². The van der Waals surface area contributed by atoms with Crippen LogP contribution in [0.4, 0.5) is 0 Å². The zero-order valence-corrected chi connectivity index (χ0v) is 10.4.